The van der Waals surface area contributed by atoms with Gasteiger partial charge in [0.15, 0.2) is 0 Å². The Morgan fingerprint density at radius 3 is 2.67 bits per heavy atom. The van der Waals surface area contributed by atoms with Gasteiger partial charge in [0, 0.05) is 18.9 Å². The minimum absolute atomic E-state index is 0.0573. The van der Waals surface area contributed by atoms with Crippen molar-refractivity contribution in [1.82, 2.24) is 10.2 Å². The summed E-state index contributed by atoms with van der Waals surface area (Å²) in [5.74, 6) is 0.101. The third kappa shape index (κ3) is 2.49. The Balaban J connectivity index is 2.21. The van der Waals surface area contributed by atoms with Gasteiger partial charge in [-0.2, -0.15) is 0 Å². The first-order valence-corrected chi connectivity index (χ1v) is 7.01. The number of hydrogen-bond acceptors (Lipinski definition) is 4. The highest BCUT2D eigenvalue weighted by atomic mass is 79.9. The van der Waals surface area contributed by atoms with Gasteiger partial charge in [0.1, 0.15) is 4.45 Å². The van der Waals surface area contributed by atoms with E-state index < -0.39 is 22.7 Å². The number of amides is 1. The van der Waals surface area contributed by atoms with Crippen LogP contribution in [0, 0.1) is 5.92 Å². The van der Waals surface area contributed by atoms with Gasteiger partial charge in [-0.25, -0.2) is 4.79 Å². The van der Waals surface area contributed by atoms with Crippen LogP contribution in [0.5, 0.6) is 0 Å². The summed E-state index contributed by atoms with van der Waals surface area (Å²) >= 11 is 3.53. The summed E-state index contributed by atoms with van der Waals surface area (Å²) in [6.45, 7) is 1.61. The van der Waals surface area contributed by atoms with Crippen molar-refractivity contribution in [3.8, 4) is 0 Å². The van der Waals surface area contributed by atoms with E-state index in [0.29, 0.717) is 0 Å². The van der Waals surface area contributed by atoms with Gasteiger partial charge in [-0.15, -0.1) is 0 Å². The van der Waals surface area contributed by atoms with Gasteiger partial charge in [0.05, 0.1) is 18.8 Å². The molecule has 0 bridgehead atoms. The zero-order valence-corrected chi connectivity index (χ0v) is 11.6. The van der Waals surface area contributed by atoms with Crippen LogP contribution in [-0.4, -0.2) is 62.6 Å². The molecular weight excluding hydrogens is 304 g/mol. The van der Waals surface area contributed by atoms with Crippen molar-refractivity contribution in [3.63, 3.8) is 0 Å². The number of halogens is 1. The molecule has 4 N–H and O–H groups in total. The van der Waals surface area contributed by atoms with E-state index in [-0.39, 0.29) is 18.9 Å². The quantitative estimate of drug-likeness (QED) is 0.408. The van der Waals surface area contributed by atoms with Crippen molar-refractivity contribution in [2.24, 2.45) is 5.92 Å². The summed E-state index contributed by atoms with van der Waals surface area (Å²) in [6, 6.07) is 0. The van der Waals surface area contributed by atoms with Crippen LogP contribution in [-0.2, 0) is 0 Å². The van der Waals surface area contributed by atoms with E-state index in [1.54, 1.807) is 0 Å². The lowest BCUT2D eigenvalue weighted by atomic mass is 9.83. The number of likely N-dealkylation sites (tertiary alicyclic amines) is 1. The molecular formula is C11H19BrN2O4. The first kappa shape index (κ1) is 14.0. The second-order valence-corrected chi connectivity index (χ2v) is 6.47. The Bertz CT molecular complexity index is 324. The summed E-state index contributed by atoms with van der Waals surface area (Å²) in [5, 5.41) is 32.0. The van der Waals surface area contributed by atoms with Crippen LogP contribution in [0.4, 0.5) is 4.79 Å². The Hall–Kier alpha value is -0.370. The number of aliphatic hydroxyl groups excluding tert-OH is 2. The molecule has 4 atom stereocenters. The molecule has 7 heteroatoms. The SMILES string of the molecule is O=C(O)N1CC(O)C(O)CC1(Br)C1CCCNC1. The molecule has 2 saturated heterocycles. The Kier molecular flexibility index (Phi) is 4.15. The van der Waals surface area contributed by atoms with E-state index in [0.717, 1.165) is 25.9 Å². The molecule has 0 aromatic rings. The minimum atomic E-state index is -1.07. The molecule has 6 nitrogen and oxygen atoms in total. The first-order valence-electron chi connectivity index (χ1n) is 6.21. The van der Waals surface area contributed by atoms with Gasteiger partial charge in [-0.1, -0.05) is 15.9 Å². The maximum Gasteiger partial charge on any atom is 0.408 e. The largest absolute Gasteiger partial charge is 0.465 e. The molecule has 1 amide bonds. The summed E-state index contributed by atoms with van der Waals surface area (Å²) in [4.78, 5) is 12.6. The number of carbonyl (C=O) groups is 1. The Morgan fingerprint density at radius 1 is 1.39 bits per heavy atom. The average molecular weight is 323 g/mol. The number of aliphatic hydroxyl groups is 2. The van der Waals surface area contributed by atoms with Crippen molar-refractivity contribution in [2.45, 2.75) is 35.9 Å². The van der Waals surface area contributed by atoms with Crippen LogP contribution in [0.1, 0.15) is 19.3 Å². The molecule has 0 saturated carbocycles. The number of alkyl halides is 1. The Morgan fingerprint density at radius 2 is 2.11 bits per heavy atom. The van der Waals surface area contributed by atoms with Crippen LogP contribution in [0.15, 0.2) is 0 Å². The highest BCUT2D eigenvalue weighted by molar-refractivity contribution is 9.10. The molecule has 0 spiro atoms. The van der Waals surface area contributed by atoms with Crippen molar-refractivity contribution < 1.29 is 20.1 Å². The van der Waals surface area contributed by atoms with Crippen LogP contribution in [0.3, 0.4) is 0 Å². The molecule has 2 fully saturated rings. The molecule has 2 rings (SSSR count). The van der Waals surface area contributed by atoms with Gasteiger partial charge in [-0.05, 0) is 19.4 Å². The number of rotatable bonds is 1. The predicted molar refractivity (Wildman–Crippen MR) is 68.6 cm³/mol. The molecule has 0 aromatic heterocycles. The average Bonchev–Trinajstić information content (AvgIpc) is 2.34. The van der Waals surface area contributed by atoms with Crippen LogP contribution < -0.4 is 5.32 Å². The summed E-state index contributed by atoms with van der Waals surface area (Å²) in [5.41, 5.74) is 0. The second-order valence-electron chi connectivity index (χ2n) is 5.09. The minimum Gasteiger partial charge on any atom is -0.465 e. The molecule has 2 heterocycles. The fourth-order valence-corrected chi connectivity index (χ4v) is 3.87. The molecule has 0 aliphatic carbocycles. The third-order valence-corrected chi connectivity index (χ3v) is 5.31. The van der Waals surface area contributed by atoms with Gasteiger partial charge in [0.2, 0.25) is 0 Å². The monoisotopic (exact) mass is 322 g/mol. The van der Waals surface area contributed by atoms with Crippen molar-refractivity contribution in [2.75, 3.05) is 19.6 Å². The normalized spacial score (nSPS) is 41.7. The van der Waals surface area contributed by atoms with E-state index >= 15 is 0 Å². The first-order chi connectivity index (χ1) is 8.45. The number of carboxylic acid groups (broad SMARTS) is 1. The van der Waals surface area contributed by atoms with Crippen LogP contribution in [0.25, 0.3) is 0 Å². The predicted octanol–water partition coefficient (Wildman–Crippen LogP) is 0.183. The number of piperidine rings is 2. The molecule has 2 aliphatic heterocycles. The summed E-state index contributed by atoms with van der Waals surface area (Å²) in [7, 11) is 0. The smallest absolute Gasteiger partial charge is 0.408 e. The number of nitrogens with zero attached hydrogens (tertiary/aromatic N) is 1. The zero-order valence-electron chi connectivity index (χ0n) is 10.0. The lowest BCUT2D eigenvalue weighted by molar-refractivity contribution is -0.0745. The van der Waals surface area contributed by atoms with Crippen molar-refractivity contribution in [3.05, 3.63) is 0 Å². The van der Waals surface area contributed by atoms with Gasteiger partial charge in [0.25, 0.3) is 0 Å². The molecule has 104 valence electrons. The maximum atomic E-state index is 11.3. The van der Waals surface area contributed by atoms with Crippen LogP contribution in [0.2, 0.25) is 0 Å². The fraction of sp³-hybridized carbons (Fsp3) is 0.909. The lowest BCUT2D eigenvalue weighted by Crippen LogP contribution is -2.63. The highest BCUT2D eigenvalue weighted by Crippen LogP contribution is 2.43. The van der Waals surface area contributed by atoms with Gasteiger partial charge >= 0.3 is 6.09 Å². The van der Waals surface area contributed by atoms with Gasteiger partial charge in [-0.3, -0.25) is 4.90 Å². The second kappa shape index (κ2) is 5.32. The van der Waals surface area contributed by atoms with Crippen molar-refractivity contribution >= 4 is 22.0 Å². The fourth-order valence-electron chi connectivity index (χ4n) is 2.85. The maximum absolute atomic E-state index is 11.3. The molecule has 18 heavy (non-hydrogen) atoms. The van der Waals surface area contributed by atoms with Crippen LogP contribution >= 0.6 is 15.9 Å². The van der Waals surface area contributed by atoms with Gasteiger partial charge < -0.3 is 20.6 Å². The highest BCUT2D eigenvalue weighted by Gasteiger charge is 2.50. The van der Waals surface area contributed by atoms with E-state index in [1.165, 1.54) is 4.90 Å². The lowest BCUT2D eigenvalue weighted by Gasteiger charge is -2.50. The van der Waals surface area contributed by atoms with Crippen molar-refractivity contribution in [1.29, 1.82) is 0 Å². The molecule has 4 unspecified atom stereocenters. The van der Waals surface area contributed by atoms with E-state index in [9.17, 15) is 20.1 Å². The Labute approximate surface area is 114 Å². The summed E-state index contributed by atoms with van der Waals surface area (Å²) < 4.78 is -0.787. The number of nitrogens with one attached hydrogen (secondary N) is 1. The van der Waals surface area contributed by atoms with E-state index in [4.69, 9.17) is 0 Å². The molecule has 0 radical (unpaired) electrons. The van der Waals surface area contributed by atoms with E-state index in [1.807, 2.05) is 0 Å². The molecule has 2 aliphatic rings. The summed E-state index contributed by atoms with van der Waals surface area (Å²) in [6.07, 6.45) is -0.851. The number of β-amino-alcohol motifs (C(OH)–C–C–N with tert-alkyl or cyclic N) is 1. The zero-order chi connectivity index (χ0) is 13.3. The third-order valence-electron chi connectivity index (χ3n) is 3.91. The number of hydrogen-bond donors (Lipinski definition) is 4. The molecule has 0 aromatic carbocycles. The van der Waals surface area contributed by atoms with E-state index in [2.05, 4.69) is 21.2 Å². The standard InChI is InChI=1S/C11H19BrN2O4/c12-11(7-2-1-3-13-5-7)4-8(15)9(16)6-14(11)10(17)18/h7-9,13,15-16H,1-6H2,(H,17,18). The topological polar surface area (TPSA) is 93.0 Å².